The van der Waals surface area contributed by atoms with Crippen LogP contribution in [0.1, 0.15) is 11.4 Å². The maximum Gasteiger partial charge on any atom is 0.280 e. The van der Waals surface area contributed by atoms with Gasteiger partial charge in [-0.25, -0.2) is 9.66 Å². The lowest BCUT2D eigenvalue weighted by Gasteiger charge is -2.13. The van der Waals surface area contributed by atoms with Crippen molar-refractivity contribution in [1.29, 1.82) is 0 Å². The topological polar surface area (TPSA) is 99.3 Å². The number of nitrogens with zero attached hydrogens (tertiary/aromatic N) is 3. The van der Waals surface area contributed by atoms with Crippen molar-refractivity contribution in [3.8, 4) is 5.75 Å². The minimum Gasteiger partial charge on any atom is -0.497 e. The average Bonchev–Trinajstić information content (AvgIpc) is 2.80. The number of nitro groups is 1. The number of benzene rings is 3. The fourth-order valence-electron chi connectivity index (χ4n) is 3.04. The van der Waals surface area contributed by atoms with Crippen LogP contribution in [-0.2, 0) is 0 Å². The summed E-state index contributed by atoms with van der Waals surface area (Å²) >= 11 is 0. The highest BCUT2D eigenvalue weighted by Gasteiger charge is 2.10. The molecule has 0 fully saturated rings. The monoisotopic (exact) mass is 414 g/mol. The highest BCUT2D eigenvalue weighted by Crippen LogP contribution is 2.18. The summed E-state index contributed by atoms with van der Waals surface area (Å²) in [4.78, 5) is 28.1. The van der Waals surface area contributed by atoms with E-state index in [1.165, 1.54) is 28.9 Å². The first kappa shape index (κ1) is 19.8. The Labute approximate surface area is 177 Å². The van der Waals surface area contributed by atoms with Crippen LogP contribution in [-0.4, -0.2) is 21.7 Å². The molecular weight excluding hydrogens is 396 g/mol. The van der Waals surface area contributed by atoms with Gasteiger partial charge in [0.1, 0.15) is 5.75 Å². The molecule has 0 aliphatic rings. The van der Waals surface area contributed by atoms with Crippen LogP contribution in [0.25, 0.3) is 23.1 Å². The summed E-state index contributed by atoms with van der Waals surface area (Å²) in [5.41, 5.74) is 4.69. The van der Waals surface area contributed by atoms with E-state index in [0.717, 1.165) is 11.3 Å². The van der Waals surface area contributed by atoms with Gasteiger partial charge in [0.05, 0.1) is 28.6 Å². The van der Waals surface area contributed by atoms with E-state index >= 15 is 0 Å². The summed E-state index contributed by atoms with van der Waals surface area (Å²) in [7, 11) is 1.60. The first-order valence-corrected chi connectivity index (χ1v) is 9.40. The number of para-hydroxylation sites is 1. The molecule has 0 saturated carbocycles. The van der Waals surface area contributed by atoms with E-state index in [1.54, 1.807) is 31.4 Å². The van der Waals surface area contributed by atoms with Crippen LogP contribution in [0.4, 0.5) is 11.4 Å². The number of methoxy groups -OCH3 is 1. The van der Waals surface area contributed by atoms with Crippen LogP contribution in [0.5, 0.6) is 5.75 Å². The Morgan fingerprint density at radius 1 is 1.00 bits per heavy atom. The van der Waals surface area contributed by atoms with E-state index in [9.17, 15) is 14.9 Å². The summed E-state index contributed by atoms with van der Waals surface area (Å²) in [5, 5.41) is 11.3. The highest BCUT2D eigenvalue weighted by atomic mass is 16.6. The molecule has 0 aliphatic heterocycles. The predicted octanol–water partition coefficient (Wildman–Crippen LogP) is 4.36. The number of ether oxygens (including phenoxy) is 1. The molecule has 1 aromatic heterocycles. The van der Waals surface area contributed by atoms with E-state index in [0.29, 0.717) is 22.4 Å². The van der Waals surface area contributed by atoms with Crippen molar-refractivity contribution in [3.63, 3.8) is 0 Å². The third-order valence-corrected chi connectivity index (χ3v) is 4.66. The molecule has 8 nitrogen and oxygen atoms in total. The minimum atomic E-state index is -0.476. The zero-order valence-corrected chi connectivity index (χ0v) is 16.6. The molecule has 0 atom stereocenters. The van der Waals surface area contributed by atoms with Crippen molar-refractivity contribution in [1.82, 2.24) is 9.66 Å². The largest absolute Gasteiger partial charge is 0.497 e. The Morgan fingerprint density at radius 2 is 1.71 bits per heavy atom. The summed E-state index contributed by atoms with van der Waals surface area (Å²) in [5.74, 6) is 1.13. The quantitative estimate of drug-likeness (QED) is 0.372. The zero-order valence-electron chi connectivity index (χ0n) is 16.6. The summed E-state index contributed by atoms with van der Waals surface area (Å²) in [6.07, 6.45) is 3.57. The number of fused-ring (bicyclic) bond motifs is 1. The van der Waals surface area contributed by atoms with Gasteiger partial charge in [-0.2, -0.15) is 0 Å². The highest BCUT2D eigenvalue weighted by molar-refractivity contribution is 5.79. The molecule has 0 amide bonds. The first-order chi connectivity index (χ1) is 15.0. The zero-order chi connectivity index (χ0) is 21.8. The fourth-order valence-corrected chi connectivity index (χ4v) is 3.04. The lowest BCUT2D eigenvalue weighted by atomic mass is 10.2. The average molecular weight is 414 g/mol. The molecule has 4 rings (SSSR count). The Balaban J connectivity index is 1.76. The van der Waals surface area contributed by atoms with Crippen LogP contribution < -0.4 is 15.7 Å². The lowest BCUT2D eigenvalue weighted by Crippen LogP contribution is -2.29. The molecule has 1 heterocycles. The number of non-ortho nitro benzene ring substituents is 1. The Morgan fingerprint density at radius 3 is 2.39 bits per heavy atom. The van der Waals surface area contributed by atoms with Gasteiger partial charge in [-0.05, 0) is 48.0 Å². The van der Waals surface area contributed by atoms with Gasteiger partial charge < -0.3 is 4.74 Å². The first-order valence-electron chi connectivity index (χ1n) is 9.40. The van der Waals surface area contributed by atoms with Crippen molar-refractivity contribution in [2.75, 3.05) is 12.5 Å². The molecule has 3 aromatic carbocycles. The van der Waals surface area contributed by atoms with Crippen LogP contribution in [0, 0.1) is 10.1 Å². The van der Waals surface area contributed by atoms with E-state index in [4.69, 9.17) is 4.74 Å². The molecule has 0 unspecified atom stereocenters. The standard InChI is InChI=1S/C23H18N4O4/c1-31-19-13-6-16(7-14-19)8-15-22-24-21-5-3-2-4-20(21)23(28)26(22)25-17-9-11-18(12-10-17)27(29)30/h2-15,25H,1H3/b15-8+. The fraction of sp³-hybridized carbons (Fsp3) is 0.0435. The third kappa shape index (κ3) is 4.27. The maximum atomic E-state index is 13.1. The molecule has 1 N–H and O–H groups in total. The summed E-state index contributed by atoms with van der Waals surface area (Å²) in [6.45, 7) is 0. The summed E-state index contributed by atoms with van der Waals surface area (Å²) < 4.78 is 6.49. The van der Waals surface area contributed by atoms with Gasteiger partial charge in [0, 0.05) is 12.1 Å². The van der Waals surface area contributed by atoms with E-state index in [-0.39, 0.29) is 11.2 Å². The Bertz CT molecular complexity index is 1330. The molecule has 0 bridgehead atoms. The molecule has 154 valence electrons. The van der Waals surface area contributed by atoms with Crippen LogP contribution >= 0.6 is 0 Å². The van der Waals surface area contributed by atoms with E-state index < -0.39 is 4.92 Å². The summed E-state index contributed by atoms with van der Waals surface area (Å²) in [6, 6.07) is 20.4. The van der Waals surface area contributed by atoms with E-state index in [2.05, 4.69) is 10.4 Å². The van der Waals surface area contributed by atoms with Crippen LogP contribution in [0.15, 0.2) is 77.6 Å². The van der Waals surface area contributed by atoms with Gasteiger partial charge in [-0.15, -0.1) is 0 Å². The van der Waals surface area contributed by atoms with Crippen LogP contribution in [0.3, 0.4) is 0 Å². The smallest absolute Gasteiger partial charge is 0.280 e. The number of aromatic nitrogens is 2. The predicted molar refractivity (Wildman–Crippen MR) is 120 cm³/mol. The second-order valence-corrected chi connectivity index (χ2v) is 6.65. The van der Waals surface area contributed by atoms with Crippen molar-refractivity contribution in [2.24, 2.45) is 0 Å². The Kier molecular flexibility index (Phi) is 5.44. The van der Waals surface area contributed by atoms with E-state index in [1.807, 2.05) is 36.4 Å². The van der Waals surface area contributed by atoms with Gasteiger partial charge in [0.25, 0.3) is 11.2 Å². The molecule has 0 aliphatic carbocycles. The third-order valence-electron chi connectivity index (χ3n) is 4.66. The molecular formula is C23H18N4O4. The minimum absolute atomic E-state index is 0.0332. The van der Waals surface area contributed by atoms with Crippen molar-refractivity contribution in [2.45, 2.75) is 0 Å². The molecule has 0 saturated heterocycles. The second kappa shape index (κ2) is 8.50. The number of hydrogen-bond acceptors (Lipinski definition) is 6. The van der Waals surface area contributed by atoms with Crippen molar-refractivity contribution >= 4 is 34.4 Å². The molecule has 4 aromatic rings. The molecule has 8 heteroatoms. The second-order valence-electron chi connectivity index (χ2n) is 6.65. The Hall–Kier alpha value is -4.46. The van der Waals surface area contributed by atoms with Gasteiger partial charge in [-0.1, -0.05) is 30.3 Å². The van der Waals surface area contributed by atoms with Crippen molar-refractivity contribution in [3.05, 3.63) is 105 Å². The number of rotatable bonds is 6. The van der Waals surface area contributed by atoms with Gasteiger partial charge in [0.2, 0.25) is 0 Å². The van der Waals surface area contributed by atoms with Gasteiger partial charge in [0.15, 0.2) is 5.82 Å². The molecule has 0 spiro atoms. The number of nitrogens with one attached hydrogen (secondary N) is 1. The lowest BCUT2D eigenvalue weighted by molar-refractivity contribution is -0.384. The van der Waals surface area contributed by atoms with Gasteiger partial charge >= 0.3 is 0 Å². The van der Waals surface area contributed by atoms with Crippen LogP contribution in [0.2, 0.25) is 0 Å². The normalized spacial score (nSPS) is 11.0. The van der Waals surface area contributed by atoms with Crippen molar-refractivity contribution < 1.29 is 9.66 Å². The SMILES string of the molecule is COc1ccc(/C=C/c2nc3ccccc3c(=O)n2Nc2ccc([N+](=O)[O-])cc2)cc1. The number of anilines is 1. The maximum absolute atomic E-state index is 13.1. The molecule has 0 radical (unpaired) electrons. The number of nitro benzene ring substituents is 1. The number of hydrogen-bond donors (Lipinski definition) is 1. The van der Waals surface area contributed by atoms with Gasteiger partial charge in [-0.3, -0.25) is 20.3 Å². The molecule has 31 heavy (non-hydrogen) atoms.